The zero-order valence-corrected chi connectivity index (χ0v) is 13.3. The summed E-state index contributed by atoms with van der Waals surface area (Å²) < 4.78 is 10.2. The van der Waals surface area contributed by atoms with E-state index in [0.717, 1.165) is 11.3 Å². The highest BCUT2D eigenvalue weighted by molar-refractivity contribution is 5.94. The van der Waals surface area contributed by atoms with Crippen LogP contribution in [-0.2, 0) is 9.53 Å². The molecule has 0 aliphatic carbocycles. The Labute approximate surface area is 135 Å². The smallest absolute Gasteiger partial charge is 0.337 e. The van der Waals surface area contributed by atoms with E-state index < -0.39 is 12.1 Å². The van der Waals surface area contributed by atoms with Gasteiger partial charge in [-0.2, -0.15) is 0 Å². The molecule has 0 saturated carbocycles. The summed E-state index contributed by atoms with van der Waals surface area (Å²) in [4.78, 5) is 23.5. The number of nitrogens with one attached hydrogen (secondary N) is 1. The second-order valence-electron chi connectivity index (χ2n) is 5.13. The SMILES string of the molecule is COC(=O)c1ccc(OC(C)C(=O)Nc2cccc(C)c2)cc1. The van der Waals surface area contributed by atoms with Crippen LogP contribution in [0.2, 0.25) is 0 Å². The van der Waals surface area contributed by atoms with Crippen LogP contribution in [0.3, 0.4) is 0 Å². The van der Waals surface area contributed by atoms with E-state index in [9.17, 15) is 9.59 Å². The van der Waals surface area contributed by atoms with Gasteiger partial charge in [-0.3, -0.25) is 4.79 Å². The molecule has 1 unspecified atom stereocenters. The topological polar surface area (TPSA) is 64.6 Å². The molecule has 0 spiro atoms. The number of hydrogen-bond donors (Lipinski definition) is 1. The van der Waals surface area contributed by atoms with Crippen molar-refractivity contribution in [1.82, 2.24) is 0 Å². The molecular formula is C18H19NO4. The van der Waals surface area contributed by atoms with Gasteiger partial charge in [-0.05, 0) is 55.8 Å². The van der Waals surface area contributed by atoms with Gasteiger partial charge >= 0.3 is 5.97 Å². The first-order valence-corrected chi connectivity index (χ1v) is 7.22. The van der Waals surface area contributed by atoms with Gasteiger partial charge in [-0.1, -0.05) is 12.1 Å². The van der Waals surface area contributed by atoms with Crippen molar-refractivity contribution in [2.24, 2.45) is 0 Å². The molecule has 5 heteroatoms. The molecular weight excluding hydrogens is 294 g/mol. The Kier molecular flexibility index (Phi) is 5.36. The molecule has 5 nitrogen and oxygen atoms in total. The number of ether oxygens (including phenoxy) is 2. The standard InChI is InChI=1S/C18H19NO4/c1-12-5-4-6-15(11-12)19-17(20)13(2)23-16-9-7-14(8-10-16)18(21)22-3/h4-11,13H,1-3H3,(H,19,20). The number of methoxy groups -OCH3 is 1. The molecule has 1 atom stereocenters. The van der Waals surface area contributed by atoms with Crippen LogP contribution in [0, 0.1) is 6.92 Å². The summed E-state index contributed by atoms with van der Waals surface area (Å²) in [5.74, 6) is -0.154. The van der Waals surface area contributed by atoms with Crippen molar-refractivity contribution < 1.29 is 19.1 Å². The summed E-state index contributed by atoms with van der Waals surface area (Å²) in [6.45, 7) is 3.62. The zero-order valence-electron chi connectivity index (χ0n) is 13.3. The van der Waals surface area contributed by atoms with E-state index in [-0.39, 0.29) is 5.91 Å². The third-order valence-electron chi connectivity index (χ3n) is 3.24. The molecule has 2 aromatic rings. The van der Waals surface area contributed by atoms with Crippen LogP contribution in [0.5, 0.6) is 5.75 Å². The Morgan fingerprint density at radius 1 is 1.09 bits per heavy atom. The third-order valence-corrected chi connectivity index (χ3v) is 3.24. The van der Waals surface area contributed by atoms with E-state index in [1.54, 1.807) is 31.2 Å². The van der Waals surface area contributed by atoms with E-state index in [0.29, 0.717) is 11.3 Å². The summed E-state index contributed by atoms with van der Waals surface area (Å²) in [6, 6.07) is 14.0. The number of hydrogen-bond acceptors (Lipinski definition) is 4. The fraction of sp³-hybridized carbons (Fsp3) is 0.222. The summed E-state index contributed by atoms with van der Waals surface area (Å²) in [5.41, 5.74) is 2.22. The molecule has 23 heavy (non-hydrogen) atoms. The summed E-state index contributed by atoms with van der Waals surface area (Å²) in [6.07, 6.45) is -0.667. The van der Waals surface area contributed by atoms with Gasteiger partial charge in [-0.15, -0.1) is 0 Å². The van der Waals surface area contributed by atoms with Gasteiger partial charge in [0.2, 0.25) is 0 Å². The van der Waals surface area contributed by atoms with Gasteiger partial charge in [0.25, 0.3) is 5.91 Å². The number of carbonyl (C=O) groups excluding carboxylic acids is 2. The molecule has 2 rings (SSSR count). The lowest BCUT2D eigenvalue weighted by Crippen LogP contribution is -2.30. The van der Waals surface area contributed by atoms with Gasteiger partial charge in [0.05, 0.1) is 12.7 Å². The molecule has 0 aliphatic rings. The number of esters is 1. The van der Waals surface area contributed by atoms with Crippen molar-refractivity contribution in [1.29, 1.82) is 0 Å². The number of aryl methyl sites for hydroxylation is 1. The maximum atomic E-state index is 12.1. The normalized spacial score (nSPS) is 11.4. The lowest BCUT2D eigenvalue weighted by Gasteiger charge is -2.15. The first-order valence-electron chi connectivity index (χ1n) is 7.22. The summed E-state index contributed by atoms with van der Waals surface area (Å²) in [7, 11) is 1.32. The average molecular weight is 313 g/mol. The molecule has 1 amide bonds. The van der Waals surface area contributed by atoms with Crippen LogP contribution >= 0.6 is 0 Å². The predicted octanol–water partition coefficient (Wildman–Crippen LogP) is 3.19. The molecule has 2 aromatic carbocycles. The van der Waals surface area contributed by atoms with Crippen molar-refractivity contribution in [2.45, 2.75) is 20.0 Å². The number of rotatable bonds is 5. The Hall–Kier alpha value is -2.82. The van der Waals surface area contributed by atoms with E-state index >= 15 is 0 Å². The quantitative estimate of drug-likeness (QED) is 0.861. The average Bonchev–Trinajstić information content (AvgIpc) is 2.54. The van der Waals surface area contributed by atoms with Crippen LogP contribution in [0.4, 0.5) is 5.69 Å². The molecule has 0 radical (unpaired) electrons. The summed E-state index contributed by atoms with van der Waals surface area (Å²) in [5, 5.41) is 2.80. The lowest BCUT2D eigenvalue weighted by atomic mass is 10.2. The van der Waals surface area contributed by atoms with Crippen LogP contribution in [-0.4, -0.2) is 25.1 Å². The number of carbonyl (C=O) groups is 2. The van der Waals surface area contributed by atoms with E-state index in [1.165, 1.54) is 7.11 Å². The van der Waals surface area contributed by atoms with E-state index in [4.69, 9.17) is 4.74 Å². The molecule has 0 bridgehead atoms. The van der Waals surface area contributed by atoms with E-state index in [2.05, 4.69) is 10.1 Å². The molecule has 0 aliphatic heterocycles. The first-order chi connectivity index (χ1) is 11.0. The summed E-state index contributed by atoms with van der Waals surface area (Å²) >= 11 is 0. The second kappa shape index (κ2) is 7.45. The highest BCUT2D eigenvalue weighted by atomic mass is 16.5. The van der Waals surface area contributed by atoms with Crippen molar-refractivity contribution in [3.05, 3.63) is 59.7 Å². The maximum absolute atomic E-state index is 12.1. The fourth-order valence-corrected chi connectivity index (χ4v) is 2.01. The number of benzene rings is 2. The predicted molar refractivity (Wildman–Crippen MR) is 87.7 cm³/mol. The van der Waals surface area contributed by atoms with Crippen molar-refractivity contribution >= 4 is 17.6 Å². The Morgan fingerprint density at radius 2 is 1.78 bits per heavy atom. The minimum atomic E-state index is -0.667. The maximum Gasteiger partial charge on any atom is 0.337 e. The minimum Gasteiger partial charge on any atom is -0.481 e. The van der Waals surface area contributed by atoms with Crippen LogP contribution in [0.25, 0.3) is 0 Å². The van der Waals surface area contributed by atoms with Crippen LogP contribution < -0.4 is 10.1 Å². The number of anilines is 1. The first kappa shape index (κ1) is 16.5. The molecule has 0 heterocycles. The highest BCUT2D eigenvalue weighted by Crippen LogP contribution is 2.16. The van der Waals surface area contributed by atoms with E-state index in [1.807, 2.05) is 31.2 Å². The van der Waals surface area contributed by atoms with Crippen LogP contribution in [0.15, 0.2) is 48.5 Å². The largest absolute Gasteiger partial charge is 0.481 e. The monoisotopic (exact) mass is 313 g/mol. The zero-order chi connectivity index (χ0) is 16.8. The Morgan fingerprint density at radius 3 is 2.39 bits per heavy atom. The van der Waals surface area contributed by atoms with Gasteiger partial charge in [0.15, 0.2) is 6.10 Å². The molecule has 0 aromatic heterocycles. The van der Waals surface area contributed by atoms with Gasteiger partial charge in [-0.25, -0.2) is 4.79 Å². The molecule has 1 N–H and O–H groups in total. The fourth-order valence-electron chi connectivity index (χ4n) is 2.01. The van der Waals surface area contributed by atoms with Gasteiger partial charge < -0.3 is 14.8 Å². The second-order valence-corrected chi connectivity index (χ2v) is 5.13. The third kappa shape index (κ3) is 4.57. The minimum absolute atomic E-state index is 0.243. The number of amides is 1. The highest BCUT2D eigenvalue weighted by Gasteiger charge is 2.15. The molecule has 0 fully saturated rings. The van der Waals surface area contributed by atoms with Crippen LogP contribution in [0.1, 0.15) is 22.8 Å². The van der Waals surface area contributed by atoms with Crippen molar-refractivity contribution in [3.63, 3.8) is 0 Å². The van der Waals surface area contributed by atoms with Gasteiger partial charge in [0, 0.05) is 5.69 Å². The lowest BCUT2D eigenvalue weighted by molar-refractivity contribution is -0.122. The van der Waals surface area contributed by atoms with Crippen molar-refractivity contribution in [2.75, 3.05) is 12.4 Å². The molecule has 0 saturated heterocycles. The Bertz CT molecular complexity index is 694. The molecule has 120 valence electrons. The van der Waals surface area contributed by atoms with Crippen molar-refractivity contribution in [3.8, 4) is 5.75 Å². The van der Waals surface area contributed by atoms with Gasteiger partial charge in [0.1, 0.15) is 5.75 Å². The Balaban J connectivity index is 1.96.